The number of hydrogen-bond donors (Lipinski definition) is 0. The van der Waals surface area contributed by atoms with Crippen LogP contribution in [0.5, 0.6) is 0 Å². The molecule has 0 saturated carbocycles. The van der Waals surface area contributed by atoms with Gasteiger partial charge in [-0.25, -0.2) is 0 Å². The summed E-state index contributed by atoms with van der Waals surface area (Å²) in [4.78, 5) is 7.91. The van der Waals surface area contributed by atoms with Crippen LogP contribution in [0.3, 0.4) is 0 Å². The normalized spacial score (nSPS) is 13.8. The van der Waals surface area contributed by atoms with Gasteiger partial charge in [0.15, 0.2) is 0 Å². The van der Waals surface area contributed by atoms with Crippen LogP contribution in [0.2, 0.25) is 0 Å². The van der Waals surface area contributed by atoms with Crippen molar-refractivity contribution in [2.24, 2.45) is 0 Å². The van der Waals surface area contributed by atoms with Gasteiger partial charge in [0, 0.05) is 36.5 Å². The molecule has 0 bridgehead atoms. The number of nitrogens with zero attached hydrogens (tertiary/aromatic N) is 1. The maximum absolute atomic E-state index is 2.57. The van der Waals surface area contributed by atoms with Crippen molar-refractivity contribution in [1.82, 2.24) is 0 Å². The zero-order valence-electron chi connectivity index (χ0n) is 42.3. The van der Waals surface area contributed by atoms with Crippen molar-refractivity contribution < 1.29 is 0 Å². The lowest BCUT2D eigenvalue weighted by molar-refractivity contribution is 0.768. The topological polar surface area (TPSA) is 3.24 Å². The molecule has 1 heterocycles. The van der Waals surface area contributed by atoms with E-state index in [-0.39, 0.29) is 0 Å². The minimum Gasteiger partial charge on any atom is -0.309 e. The summed E-state index contributed by atoms with van der Waals surface area (Å²) in [6, 6.07) is 116. The SMILES string of the molecule is c1ccc(-c2cccc3cccc(-c4ccc(N(c5ccc(C6(c7ccccc7)c7ccccc7-c7ccccc76)cc5)c5cc6ccccc6c6c5S(c5ccccc5)(c5ccccc5)c5ccccc5-6)cc4)c23)cc1. The van der Waals surface area contributed by atoms with Gasteiger partial charge in [-0.3, -0.25) is 0 Å². The molecule has 0 amide bonds. The maximum Gasteiger partial charge on any atom is 0.0713 e. The van der Waals surface area contributed by atoms with Crippen LogP contribution in [-0.2, 0) is 5.41 Å². The Morgan fingerprint density at radius 1 is 0.312 bits per heavy atom. The summed E-state index contributed by atoms with van der Waals surface area (Å²) < 4.78 is 0. The molecule has 2 aliphatic rings. The fourth-order valence-corrected chi connectivity index (χ4v) is 17.6. The van der Waals surface area contributed by atoms with Crippen molar-refractivity contribution in [2.45, 2.75) is 25.0 Å². The summed E-state index contributed by atoms with van der Waals surface area (Å²) in [5.74, 6) is 0. The van der Waals surface area contributed by atoms with Crippen LogP contribution in [0.1, 0.15) is 22.3 Å². The van der Waals surface area contributed by atoms with E-state index >= 15 is 0 Å². The lowest BCUT2D eigenvalue weighted by atomic mass is 9.68. The third-order valence-electron chi connectivity index (χ3n) is 16.4. The second-order valence-electron chi connectivity index (χ2n) is 20.3. The third kappa shape index (κ3) is 6.75. The zero-order valence-corrected chi connectivity index (χ0v) is 43.1. The molecule has 0 saturated heterocycles. The summed E-state index contributed by atoms with van der Waals surface area (Å²) in [5, 5.41) is 4.95. The molecule has 0 spiro atoms. The summed E-state index contributed by atoms with van der Waals surface area (Å²) in [6.45, 7) is 0. The van der Waals surface area contributed by atoms with Gasteiger partial charge in [0.1, 0.15) is 0 Å². The predicted molar refractivity (Wildman–Crippen MR) is 323 cm³/mol. The zero-order chi connectivity index (χ0) is 50.9. The van der Waals surface area contributed by atoms with Crippen LogP contribution >= 0.6 is 10.0 Å². The molecule has 362 valence electrons. The summed E-state index contributed by atoms with van der Waals surface area (Å²) >= 11 is 0. The monoisotopic (exact) mass is 997 g/mol. The molecular formula is C75H51NS. The highest BCUT2D eigenvalue weighted by Gasteiger charge is 2.47. The first-order valence-electron chi connectivity index (χ1n) is 26.6. The third-order valence-corrected chi connectivity index (χ3v) is 20.4. The molecule has 1 aliphatic carbocycles. The standard InChI is InChI=1S/C75H51NS/c1-5-23-52(24-6-1)62-38-21-26-54-27-22-39-63(72(54)62)53-43-47-58(48-44-53)76(59-49-45-57(46-50-59)75(56-28-7-2-8-29-56)68-40-18-15-35-65(68)66-36-16-19-41-69(66)75)70-51-55-25-13-14-34-64(55)73-67-37-17-20-42-71(67)77(74(70)73,60-30-9-3-10-31-60)61-32-11-4-12-33-61/h1-51H. The van der Waals surface area contributed by atoms with Crippen LogP contribution in [0.25, 0.3) is 66.1 Å². The quantitative estimate of drug-likeness (QED) is 0.139. The highest BCUT2D eigenvalue weighted by atomic mass is 32.3. The van der Waals surface area contributed by atoms with Gasteiger partial charge in [-0.2, -0.15) is 0 Å². The van der Waals surface area contributed by atoms with Crippen molar-refractivity contribution >= 4 is 48.6 Å². The van der Waals surface area contributed by atoms with Gasteiger partial charge in [-0.1, -0.05) is 249 Å². The second kappa shape index (κ2) is 18.1. The van der Waals surface area contributed by atoms with E-state index in [1.807, 2.05) is 0 Å². The molecule has 15 rings (SSSR count). The second-order valence-corrected chi connectivity index (χ2v) is 23.3. The molecule has 0 fully saturated rings. The fourth-order valence-electron chi connectivity index (χ4n) is 13.2. The van der Waals surface area contributed by atoms with Crippen molar-refractivity contribution in [3.05, 3.63) is 332 Å². The maximum atomic E-state index is 2.57. The molecule has 2 heteroatoms. The molecule has 1 aliphatic heterocycles. The molecule has 0 radical (unpaired) electrons. The van der Waals surface area contributed by atoms with Crippen molar-refractivity contribution in [2.75, 3.05) is 4.90 Å². The van der Waals surface area contributed by atoms with Crippen LogP contribution in [-0.4, -0.2) is 0 Å². The lowest BCUT2D eigenvalue weighted by Gasteiger charge is -2.42. The molecule has 0 unspecified atom stereocenters. The summed E-state index contributed by atoms with van der Waals surface area (Å²) in [7, 11) is -2.10. The van der Waals surface area contributed by atoms with E-state index in [4.69, 9.17) is 0 Å². The molecule has 0 atom stereocenters. The van der Waals surface area contributed by atoms with Gasteiger partial charge in [0.25, 0.3) is 0 Å². The Morgan fingerprint density at radius 3 is 1.36 bits per heavy atom. The molecular weight excluding hydrogens is 947 g/mol. The van der Waals surface area contributed by atoms with E-state index in [2.05, 4.69) is 314 Å². The van der Waals surface area contributed by atoms with Gasteiger partial charge in [0.2, 0.25) is 0 Å². The predicted octanol–water partition coefficient (Wildman–Crippen LogP) is 20.5. The lowest BCUT2D eigenvalue weighted by Crippen LogP contribution is -2.28. The van der Waals surface area contributed by atoms with Gasteiger partial charge >= 0.3 is 0 Å². The Morgan fingerprint density at radius 2 is 0.753 bits per heavy atom. The van der Waals surface area contributed by atoms with E-state index in [1.165, 1.54) is 114 Å². The number of fused-ring (bicyclic) bond motifs is 9. The average molecular weight is 998 g/mol. The van der Waals surface area contributed by atoms with E-state index in [0.29, 0.717) is 0 Å². The first kappa shape index (κ1) is 45.0. The molecule has 13 aromatic rings. The largest absolute Gasteiger partial charge is 0.309 e. The first-order chi connectivity index (χ1) is 38.2. The number of benzene rings is 13. The molecule has 1 nitrogen and oxygen atoms in total. The highest BCUT2D eigenvalue weighted by molar-refractivity contribution is 8.34. The van der Waals surface area contributed by atoms with Crippen LogP contribution in [0, 0.1) is 0 Å². The summed E-state index contributed by atoms with van der Waals surface area (Å²) in [6.07, 6.45) is 0. The van der Waals surface area contributed by atoms with E-state index in [9.17, 15) is 0 Å². The van der Waals surface area contributed by atoms with Crippen molar-refractivity contribution in [1.29, 1.82) is 0 Å². The fraction of sp³-hybridized carbons (Fsp3) is 0.0133. The Bertz CT molecular complexity index is 4270. The number of hydrogen-bond acceptors (Lipinski definition) is 1. The number of rotatable bonds is 9. The summed E-state index contributed by atoms with van der Waals surface area (Å²) in [5.41, 5.74) is 17.9. The average Bonchev–Trinajstić information content (AvgIpc) is 4.15. The Balaban J connectivity index is 1.01. The van der Waals surface area contributed by atoms with Gasteiger partial charge in [-0.05, 0) is 143 Å². The smallest absolute Gasteiger partial charge is 0.0713 e. The minimum atomic E-state index is -2.10. The van der Waals surface area contributed by atoms with Crippen LogP contribution < -0.4 is 4.90 Å². The van der Waals surface area contributed by atoms with Crippen LogP contribution in [0.15, 0.2) is 329 Å². The minimum absolute atomic E-state index is 0.526. The molecule has 13 aromatic carbocycles. The van der Waals surface area contributed by atoms with E-state index in [0.717, 1.165) is 11.4 Å². The Kier molecular flexibility index (Phi) is 10.6. The first-order valence-corrected chi connectivity index (χ1v) is 28.3. The Hall–Kier alpha value is -9.47. The van der Waals surface area contributed by atoms with Crippen molar-refractivity contribution in [3.8, 4) is 44.5 Å². The van der Waals surface area contributed by atoms with E-state index in [1.54, 1.807) is 0 Å². The molecule has 0 N–H and O–H groups in total. The van der Waals surface area contributed by atoms with E-state index < -0.39 is 15.4 Å². The van der Waals surface area contributed by atoms with Gasteiger partial charge in [0.05, 0.1) is 11.1 Å². The highest BCUT2D eigenvalue weighted by Crippen LogP contribution is 2.82. The molecule has 77 heavy (non-hydrogen) atoms. The van der Waals surface area contributed by atoms with Gasteiger partial charge in [-0.15, -0.1) is 10.0 Å². The Labute approximate surface area is 452 Å². The molecule has 0 aromatic heterocycles. The number of anilines is 3. The van der Waals surface area contributed by atoms with Crippen LogP contribution in [0.4, 0.5) is 17.1 Å². The van der Waals surface area contributed by atoms with Gasteiger partial charge < -0.3 is 4.90 Å². The van der Waals surface area contributed by atoms with Crippen molar-refractivity contribution in [3.63, 3.8) is 0 Å².